The smallest absolute Gasteiger partial charge is 0.338 e. The molecule has 0 radical (unpaired) electrons. The predicted octanol–water partition coefficient (Wildman–Crippen LogP) is 6.19. The van der Waals surface area contributed by atoms with Crippen LogP contribution in [0.25, 0.3) is 0 Å². The Kier molecular flexibility index (Phi) is 8.53. The summed E-state index contributed by atoms with van der Waals surface area (Å²) in [7, 11) is 0. The van der Waals surface area contributed by atoms with Gasteiger partial charge >= 0.3 is 11.9 Å². The van der Waals surface area contributed by atoms with E-state index in [-0.39, 0.29) is 18.0 Å². The SMILES string of the molecule is CCCCCCOC(=O)c1cccc(C(=O)OC2CCC(C(C)(C)C)CC2)c1. The zero-order valence-electron chi connectivity index (χ0n) is 18.0. The van der Waals surface area contributed by atoms with Gasteiger partial charge in [-0.15, -0.1) is 0 Å². The van der Waals surface area contributed by atoms with Crippen LogP contribution >= 0.6 is 0 Å². The Labute approximate surface area is 170 Å². The van der Waals surface area contributed by atoms with Gasteiger partial charge in [-0.2, -0.15) is 0 Å². The summed E-state index contributed by atoms with van der Waals surface area (Å²) < 4.78 is 11.0. The number of carbonyl (C=O) groups excluding carboxylic acids is 2. The highest BCUT2D eigenvalue weighted by Gasteiger charge is 2.31. The molecule has 1 aromatic carbocycles. The van der Waals surface area contributed by atoms with E-state index in [2.05, 4.69) is 27.7 Å². The molecule has 156 valence electrons. The van der Waals surface area contributed by atoms with E-state index < -0.39 is 0 Å². The summed E-state index contributed by atoms with van der Waals surface area (Å²) in [5.74, 6) is -0.0495. The van der Waals surface area contributed by atoms with Crippen molar-refractivity contribution in [2.45, 2.75) is 85.2 Å². The van der Waals surface area contributed by atoms with E-state index in [0.29, 0.717) is 29.1 Å². The van der Waals surface area contributed by atoms with Crippen LogP contribution in [0.4, 0.5) is 0 Å². The van der Waals surface area contributed by atoms with E-state index in [0.717, 1.165) is 51.4 Å². The Morgan fingerprint density at radius 2 is 1.61 bits per heavy atom. The molecule has 1 aliphatic rings. The Bertz CT molecular complexity index is 636. The third kappa shape index (κ3) is 6.96. The van der Waals surface area contributed by atoms with E-state index in [1.807, 2.05) is 0 Å². The van der Waals surface area contributed by atoms with Crippen molar-refractivity contribution in [3.63, 3.8) is 0 Å². The monoisotopic (exact) mass is 388 g/mol. The van der Waals surface area contributed by atoms with Gasteiger partial charge in [-0.1, -0.05) is 53.0 Å². The second kappa shape index (κ2) is 10.6. The molecule has 28 heavy (non-hydrogen) atoms. The summed E-state index contributed by atoms with van der Waals surface area (Å²) >= 11 is 0. The van der Waals surface area contributed by atoms with Gasteiger partial charge in [-0.3, -0.25) is 0 Å². The van der Waals surface area contributed by atoms with Crippen LogP contribution in [0, 0.1) is 11.3 Å². The van der Waals surface area contributed by atoms with Gasteiger partial charge in [-0.25, -0.2) is 9.59 Å². The molecule has 2 rings (SSSR count). The molecule has 0 aliphatic heterocycles. The molecule has 0 amide bonds. The first kappa shape index (κ1) is 22.4. The number of ether oxygens (including phenoxy) is 2. The fourth-order valence-corrected chi connectivity index (χ4v) is 3.82. The van der Waals surface area contributed by atoms with Crippen LogP contribution < -0.4 is 0 Å². The Morgan fingerprint density at radius 1 is 0.964 bits per heavy atom. The summed E-state index contributed by atoms with van der Waals surface area (Å²) in [5.41, 5.74) is 1.12. The molecule has 1 saturated carbocycles. The van der Waals surface area contributed by atoms with Crippen LogP contribution in [0.15, 0.2) is 24.3 Å². The fourth-order valence-electron chi connectivity index (χ4n) is 3.82. The van der Waals surface area contributed by atoms with Gasteiger partial charge < -0.3 is 9.47 Å². The fraction of sp³-hybridized carbons (Fsp3) is 0.667. The van der Waals surface area contributed by atoms with Crippen LogP contribution in [0.3, 0.4) is 0 Å². The zero-order chi connectivity index (χ0) is 20.6. The van der Waals surface area contributed by atoms with Crippen molar-refractivity contribution < 1.29 is 19.1 Å². The van der Waals surface area contributed by atoms with Gasteiger partial charge in [-0.05, 0) is 61.6 Å². The summed E-state index contributed by atoms with van der Waals surface area (Å²) in [6, 6.07) is 6.67. The minimum Gasteiger partial charge on any atom is -0.462 e. The molecule has 1 fully saturated rings. The highest BCUT2D eigenvalue weighted by molar-refractivity contribution is 5.95. The maximum Gasteiger partial charge on any atom is 0.338 e. The van der Waals surface area contributed by atoms with E-state index in [1.54, 1.807) is 24.3 Å². The summed E-state index contributed by atoms with van der Waals surface area (Å²) in [6.07, 6.45) is 8.21. The van der Waals surface area contributed by atoms with Gasteiger partial charge in [0.1, 0.15) is 6.10 Å². The van der Waals surface area contributed by atoms with E-state index in [4.69, 9.17) is 9.47 Å². The maximum absolute atomic E-state index is 12.5. The molecular weight excluding hydrogens is 352 g/mol. The third-order valence-corrected chi connectivity index (χ3v) is 5.74. The molecule has 0 saturated heterocycles. The molecule has 1 aliphatic carbocycles. The van der Waals surface area contributed by atoms with E-state index >= 15 is 0 Å². The maximum atomic E-state index is 12.5. The molecule has 0 bridgehead atoms. The number of unbranched alkanes of at least 4 members (excludes halogenated alkanes) is 3. The topological polar surface area (TPSA) is 52.6 Å². The van der Waals surface area contributed by atoms with E-state index in [9.17, 15) is 9.59 Å². The minimum atomic E-state index is -0.378. The van der Waals surface area contributed by atoms with Gasteiger partial charge in [0.05, 0.1) is 17.7 Å². The van der Waals surface area contributed by atoms with Crippen molar-refractivity contribution in [1.29, 1.82) is 0 Å². The lowest BCUT2D eigenvalue weighted by molar-refractivity contribution is 0.00929. The molecule has 0 aromatic heterocycles. The second-order valence-electron chi connectivity index (χ2n) is 9.02. The second-order valence-corrected chi connectivity index (χ2v) is 9.02. The molecule has 0 N–H and O–H groups in total. The van der Waals surface area contributed by atoms with Crippen molar-refractivity contribution >= 4 is 11.9 Å². The van der Waals surface area contributed by atoms with Crippen LogP contribution in [0.1, 0.15) is 99.8 Å². The summed E-state index contributed by atoms with van der Waals surface area (Å²) in [6.45, 7) is 9.40. The van der Waals surface area contributed by atoms with Crippen LogP contribution in [0.2, 0.25) is 0 Å². The van der Waals surface area contributed by atoms with Crippen molar-refractivity contribution in [1.82, 2.24) is 0 Å². The molecule has 4 nitrogen and oxygen atoms in total. The highest BCUT2D eigenvalue weighted by Crippen LogP contribution is 2.38. The number of hydrogen-bond acceptors (Lipinski definition) is 4. The molecular formula is C24H36O4. The zero-order valence-corrected chi connectivity index (χ0v) is 18.0. The highest BCUT2D eigenvalue weighted by atomic mass is 16.5. The number of carbonyl (C=O) groups is 2. The summed E-state index contributed by atoms with van der Waals surface area (Å²) in [5, 5.41) is 0. The number of esters is 2. The average Bonchev–Trinajstić information content (AvgIpc) is 2.67. The number of benzene rings is 1. The normalized spacial score (nSPS) is 19.9. The minimum absolute atomic E-state index is 0.0275. The molecule has 0 unspecified atom stereocenters. The molecule has 0 spiro atoms. The standard InChI is InChI=1S/C24H36O4/c1-5-6-7-8-16-27-22(25)18-10-9-11-19(17-18)23(26)28-21-14-12-20(13-15-21)24(2,3)4/h9-11,17,20-21H,5-8,12-16H2,1-4H3. The van der Waals surface area contributed by atoms with Crippen molar-refractivity contribution in [3.8, 4) is 0 Å². The van der Waals surface area contributed by atoms with Crippen LogP contribution in [0.5, 0.6) is 0 Å². The Hall–Kier alpha value is -1.84. The van der Waals surface area contributed by atoms with Crippen LogP contribution in [-0.4, -0.2) is 24.6 Å². The number of rotatable bonds is 8. The van der Waals surface area contributed by atoms with Gasteiger partial charge in [0, 0.05) is 0 Å². The Morgan fingerprint density at radius 3 is 2.21 bits per heavy atom. The Balaban J connectivity index is 1.84. The largest absolute Gasteiger partial charge is 0.462 e. The summed E-state index contributed by atoms with van der Waals surface area (Å²) in [4.78, 5) is 24.7. The lowest BCUT2D eigenvalue weighted by Gasteiger charge is -2.36. The predicted molar refractivity (Wildman–Crippen MR) is 111 cm³/mol. The molecule has 0 atom stereocenters. The first-order chi connectivity index (χ1) is 13.3. The van der Waals surface area contributed by atoms with Crippen molar-refractivity contribution in [2.75, 3.05) is 6.61 Å². The van der Waals surface area contributed by atoms with Crippen molar-refractivity contribution in [3.05, 3.63) is 35.4 Å². The number of hydrogen-bond donors (Lipinski definition) is 0. The van der Waals surface area contributed by atoms with E-state index in [1.165, 1.54) is 0 Å². The third-order valence-electron chi connectivity index (χ3n) is 5.74. The van der Waals surface area contributed by atoms with Gasteiger partial charge in [0.25, 0.3) is 0 Å². The average molecular weight is 389 g/mol. The molecule has 4 heteroatoms. The first-order valence-electron chi connectivity index (χ1n) is 10.8. The van der Waals surface area contributed by atoms with Gasteiger partial charge in [0.2, 0.25) is 0 Å². The lowest BCUT2D eigenvalue weighted by Crippen LogP contribution is -2.30. The first-order valence-corrected chi connectivity index (χ1v) is 10.8. The quantitative estimate of drug-likeness (QED) is 0.394. The van der Waals surface area contributed by atoms with Crippen LogP contribution in [-0.2, 0) is 9.47 Å². The molecule has 1 aromatic rings. The van der Waals surface area contributed by atoms with Crippen molar-refractivity contribution in [2.24, 2.45) is 11.3 Å². The molecule has 0 heterocycles. The lowest BCUT2D eigenvalue weighted by atomic mass is 9.72. The van der Waals surface area contributed by atoms with Gasteiger partial charge in [0.15, 0.2) is 0 Å².